The number of rotatable bonds is 8. The maximum Gasteiger partial charge on any atom is 0.241 e. The first-order chi connectivity index (χ1) is 14.8. The van der Waals surface area contributed by atoms with E-state index in [2.05, 4.69) is 16.0 Å². The lowest BCUT2D eigenvalue weighted by molar-refractivity contribution is -0.122. The monoisotopic (exact) mass is 483 g/mol. The Morgan fingerprint density at radius 3 is 2.65 bits per heavy atom. The van der Waals surface area contributed by atoms with E-state index in [-0.39, 0.29) is 23.1 Å². The fourth-order valence-electron chi connectivity index (χ4n) is 2.91. The van der Waals surface area contributed by atoms with Crippen molar-refractivity contribution in [1.29, 1.82) is 0 Å². The van der Waals surface area contributed by atoms with E-state index in [1.807, 2.05) is 6.92 Å². The fourth-order valence-corrected chi connectivity index (χ4v) is 5.41. The molecule has 2 unspecified atom stereocenters. The topological polar surface area (TPSA) is 114 Å². The van der Waals surface area contributed by atoms with Gasteiger partial charge in [0, 0.05) is 17.3 Å². The van der Waals surface area contributed by atoms with Crippen molar-refractivity contribution < 1.29 is 22.7 Å². The first-order valence-electron chi connectivity index (χ1n) is 9.47. The van der Waals surface area contributed by atoms with Gasteiger partial charge in [0.15, 0.2) is 15.1 Å². The molecule has 3 N–H and O–H groups in total. The highest BCUT2D eigenvalue weighted by atomic mass is 35.5. The van der Waals surface area contributed by atoms with Crippen LogP contribution in [0.5, 0.6) is 5.75 Å². The van der Waals surface area contributed by atoms with Crippen LogP contribution in [0.4, 0.5) is 5.69 Å². The Labute approximate surface area is 190 Å². The number of carbonyl (C=O) groups excluding carboxylic acids is 2. The minimum Gasteiger partial charge on any atom is -0.494 e. The van der Waals surface area contributed by atoms with Crippen molar-refractivity contribution >= 4 is 50.7 Å². The van der Waals surface area contributed by atoms with Crippen molar-refractivity contribution in [3.05, 3.63) is 53.6 Å². The number of anilines is 1. The van der Waals surface area contributed by atoms with Gasteiger partial charge in [-0.15, -0.1) is 11.8 Å². The average Bonchev–Trinajstić information content (AvgIpc) is 2.73. The minimum absolute atomic E-state index is 0.0462. The van der Waals surface area contributed by atoms with Crippen LogP contribution in [0.25, 0.3) is 0 Å². The molecule has 0 radical (unpaired) electrons. The summed E-state index contributed by atoms with van der Waals surface area (Å²) in [5.74, 6) is -0.270. The molecule has 3 rings (SSSR count). The zero-order valence-electron chi connectivity index (χ0n) is 16.6. The first-order valence-corrected chi connectivity index (χ1v) is 12.4. The van der Waals surface area contributed by atoms with E-state index >= 15 is 0 Å². The second-order valence-corrected chi connectivity index (χ2v) is 10.3. The van der Waals surface area contributed by atoms with Crippen molar-refractivity contribution in [3.8, 4) is 5.75 Å². The number of hydrogen-bond acceptors (Lipinski definition) is 7. The predicted molar refractivity (Wildman–Crippen MR) is 121 cm³/mol. The van der Waals surface area contributed by atoms with Crippen molar-refractivity contribution in [2.75, 3.05) is 24.2 Å². The van der Waals surface area contributed by atoms with Crippen molar-refractivity contribution in [1.82, 2.24) is 10.6 Å². The first kappa shape index (κ1) is 23.4. The van der Waals surface area contributed by atoms with Gasteiger partial charge >= 0.3 is 0 Å². The molecule has 0 saturated carbocycles. The van der Waals surface area contributed by atoms with Gasteiger partial charge in [0.2, 0.25) is 11.8 Å². The molecule has 11 heteroatoms. The molecule has 1 fully saturated rings. The molecule has 1 saturated heterocycles. The number of benzene rings is 2. The van der Waals surface area contributed by atoms with Gasteiger partial charge in [-0.05, 0) is 49.4 Å². The van der Waals surface area contributed by atoms with Gasteiger partial charge in [0.25, 0.3) is 0 Å². The Balaban J connectivity index is 1.54. The molecule has 0 aliphatic carbocycles. The summed E-state index contributed by atoms with van der Waals surface area (Å²) in [5, 5.41) is 7.53. The largest absolute Gasteiger partial charge is 0.494 e. The molecule has 2 aromatic carbocycles. The highest BCUT2D eigenvalue weighted by Gasteiger charge is 2.38. The van der Waals surface area contributed by atoms with Crippen molar-refractivity contribution in [3.63, 3.8) is 0 Å². The zero-order valence-corrected chi connectivity index (χ0v) is 19.0. The van der Waals surface area contributed by atoms with Gasteiger partial charge in [0.1, 0.15) is 11.2 Å². The summed E-state index contributed by atoms with van der Waals surface area (Å²) in [6.45, 7) is 2.24. The molecule has 0 aromatic heterocycles. The second-order valence-electron chi connectivity index (χ2n) is 6.60. The van der Waals surface area contributed by atoms with E-state index in [1.54, 1.807) is 36.4 Å². The molecule has 2 aromatic rings. The van der Waals surface area contributed by atoms with Crippen LogP contribution >= 0.6 is 23.4 Å². The van der Waals surface area contributed by atoms with Gasteiger partial charge in [-0.1, -0.05) is 17.7 Å². The Bertz CT molecular complexity index is 1050. The third-order valence-electron chi connectivity index (χ3n) is 4.38. The second kappa shape index (κ2) is 10.4. The molecule has 2 atom stereocenters. The van der Waals surface area contributed by atoms with Crippen LogP contribution in [-0.2, 0) is 19.4 Å². The summed E-state index contributed by atoms with van der Waals surface area (Å²) in [7, 11) is -3.87. The van der Waals surface area contributed by atoms with E-state index in [0.29, 0.717) is 23.1 Å². The molecule has 0 bridgehead atoms. The third-order valence-corrected chi connectivity index (χ3v) is 7.72. The molecule has 8 nitrogen and oxygen atoms in total. The fraction of sp³-hybridized carbons (Fsp3) is 0.300. The van der Waals surface area contributed by atoms with E-state index in [0.717, 1.165) is 11.8 Å². The van der Waals surface area contributed by atoms with Crippen LogP contribution in [0.2, 0.25) is 5.02 Å². The summed E-state index contributed by atoms with van der Waals surface area (Å²) < 4.78 is 31.0. The van der Waals surface area contributed by atoms with Crippen LogP contribution < -0.4 is 20.7 Å². The number of thioether (sulfide) groups is 1. The van der Waals surface area contributed by atoms with Crippen molar-refractivity contribution in [2.24, 2.45) is 0 Å². The van der Waals surface area contributed by atoms with Gasteiger partial charge in [0.05, 0.1) is 17.3 Å². The molecule has 166 valence electrons. The summed E-state index contributed by atoms with van der Waals surface area (Å²) >= 11 is 7.04. The lowest BCUT2D eigenvalue weighted by Crippen LogP contribution is -2.59. The zero-order chi connectivity index (χ0) is 22.4. The Hall–Kier alpha value is -2.27. The molecular formula is C20H22ClN3O5S2. The number of carbonyl (C=O) groups is 2. The lowest BCUT2D eigenvalue weighted by atomic mass is 10.3. The quantitative estimate of drug-likeness (QED) is 0.527. The van der Waals surface area contributed by atoms with Gasteiger partial charge < -0.3 is 15.4 Å². The Morgan fingerprint density at radius 2 is 2.00 bits per heavy atom. The maximum atomic E-state index is 12.8. The molecule has 1 aliphatic rings. The van der Waals surface area contributed by atoms with Crippen molar-refractivity contribution in [2.45, 2.75) is 22.6 Å². The smallest absolute Gasteiger partial charge is 0.241 e. The van der Waals surface area contributed by atoms with E-state index < -0.39 is 26.5 Å². The van der Waals surface area contributed by atoms with E-state index in [9.17, 15) is 18.0 Å². The SMILES string of the molecule is CCOc1ccc(S(=O)(=O)C2CNC(SCC(=O)Nc3cccc(Cl)c3)NC2=O)cc1. The lowest BCUT2D eigenvalue weighted by Gasteiger charge is -2.29. The normalized spacial score (nSPS) is 18.8. The average molecular weight is 484 g/mol. The van der Waals surface area contributed by atoms with Gasteiger partial charge in [-0.3, -0.25) is 14.9 Å². The number of nitrogens with one attached hydrogen (secondary N) is 3. The number of sulfone groups is 1. The summed E-state index contributed by atoms with van der Waals surface area (Å²) in [6.07, 6.45) is 0. The Morgan fingerprint density at radius 1 is 1.26 bits per heavy atom. The summed E-state index contributed by atoms with van der Waals surface area (Å²) in [4.78, 5) is 24.6. The molecule has 2 amide bonds. The molecule has 31 heavy (non-hydrogen) atoms. The molecular weight excluding hydrogens is 462 g/mol. The molecule has 1 aliphatic heterocycles. The van der Waals surface area contributed by atoms with Crippen LogP contribution in [0.3, 0.4) is 0 Å². The minimum atomic E-state index is -3.87. The third kappa shape index (κ3) is 6.13. The van der Waals surface area contributed by atoms with Crippen LogP contribution in [0.15, 0.2) is 53.4 Å². The van der Waals surface area contributed by atoms with E-state index in [1.165, 1.54) is 12.1 Å². The van der Waals surface area contributed by atoms with Crippen LogP contribution in [0, 0.1) is 0 Å². The summed E-state index contributed by atoms with van der Waals surface area (Å²) in [5.41, 5.74) is -0.00959. The Kier molecular flexibility index (Phi) is 7.82. The number of amides is 2. The number of halogens is 1. The maximum absolute atomic E-state index is 12.8. The van der Waals surface area contributed by atoms with E-state index in [4.69, 9.17) is 16.3 Å². The van der Waals surface area contributed by atoms with Crippen LogP contribution in [-0.4, -0.2) is 49.9 Å². The summed E-state index contributed by atoms with van der Waals surface area (Å²) in [6, 6.07) is 12.7. The number of hydrogen-bond donors (Lipinski definition) is 3. The number of ether oxygens (including phenoxy) is 1. The van der Waals surface area contributed by atoms with Gasteiger partial charge in [-0.2, -0.15) is 0 Å². The molecule has 1 heterocycles. The van der Waals surface area contributed by atoms with Gasteiger partial charge in [-0.25, -0.2) is 8.42 Å². The predicted octanol–water partition coefficient (Wildman–Crippen LogP) is 2.26. The standard InChI is InChI=1S/C20H22ClN3O5S2/c1-2-29-15-6-8-16(9-7-15)31(27,28)17-11-22-20(24-19(17)26)30-12-18(25)23-14-5-3-4-13(21)10-14/h3-10,17,20,22H,2,11-12H2,1H3,(H,23,25)(H,24,26). The molecule has 0 spiro atoms. The highest BCUT2D eigenvalue weighted by molar-refractivity contribution is 8.00. The highest BCUT2D eigenvalue weighted by Crippen LogP contribution is 2.22. The van der Waals surface area contributed by atoms with Crippen LogP contribution in [0.1, 0.15) is 6.92 Å².